The van der Waals surface area contributed by atoms with Crippen molar-refractivity contribution in [2.45, 2.75) is 25.3 Å². The van der Waals surface area contributed by atoms with Gasteiger partial charge in [0.25, 0.3) is 5.91 Å². The van der Waals surface area contributed by atoms with Crippen molar-refractivity contribution in [3.63, 3.8) is 0 Å². The van der Waals surface area contributed by atoms with Crippen LogP contribution in [0.1, 0.15) is 29.6 Å². The molecule has 1 unspecified atom stereocenters. The molecule has 1 saturated heterocycles. The van der Waals surface area contributed by atoms with Crippen molar-refractivity contribution in [2.75, 3.05) is 13.6 Å². The largest absolute Gasteiger partial charge is 0.507 e. The minimum Gasteiger partial charge on any atom is -0.507 e. The summed E-state index contributed by atoms with van der Waals surface area (Å²) in [7, 11) is 1.50. The van der Waals surface area contributed by atoms with Gasteiger partial charge in [0, 0.05) is 13.6 Å². The third-order valence-electron chi connectivity index (χ3n) is 3.52. The molecule has 20 heavy (non-hydrogen) atoms. The second-order valence-electron chi connectivity index (χ2n) is 4.76. The first-order chi connectivity index (χ1) is 9.56. The second kappa shape index (κ2) is 5.90. The predicted octanol–water partition coefficient (Wildman–Crippen LogP) is 1.27. The van der Waals surface area contributed by atoms with E-state index in [-0.39, 0.29) is 11.5 Å². The average Bonchev–Trinajstić information content (AvgIpc) is 2.46. The summed E-state index contributed by atoms with van der Waals surface area (Å²) in [4.78, 5) is 25.6. The van der Waals surface area contributed by atoms with Gasteiger partial charge in [-0.25, -0.2) is 4.39 Å². The van der Waals surface area contributed by atoms with Gasteiger partial charge in [-0.1, -0.05) is 6.07 Å². The van der Waals surface area contributed by atoms with Crippen LogP contribution in [0.3, 0.4) is 0 Å². The van der Waals surface area contributed by atoms with Crippen LogP contribution in [-0.2, 0) is 4.79 Å². The van der Waals surface area contributed by atoms with Crippen molar-refractivity contribution in [3.8, 4) is 5.75 Å². The van der Waals surface area contributed by atoms with Crippen molar-refractivity contribution < 1.29 is 19.1 Å². The van der Waals surface area contributed by atoms with Gasteiger partial charge in [0.15, 0.2) is 0 Å². The highest BCUT2D eigenvalue weighted by Gasteiger charge is 2.34. The zero-order valence-corrected chi connectivity index (χ0v) is 11.2. The van der Waals surface area contributed by atoms with E-state index in [2.05, 4.69) is 5.32 Å². The Hall–Kier alpha value is -2.11. The Bertz CT molecular complexity index is 513. The maximum absolute atomic E-state index is 13.8. The molecule has 2 rings (SSSR count). The Balaban J connectivity index is 2.33. The molecule has 1 fully saturated rings. The molecular formula is C14H17FN2O3. The molecule has 0 bridgehead atoms. The molecule has 1 heterocycles. The Morgan fingerprint density at radius 3 is 2.80 bits per heavy atom. The van der Waals surface area contributed by atoms with E-state index in [1.807, 2.05) is 0 Å². The molecule has 1 aromatic carbocycles. The van der Waals surface area contributed by atoms with Crippen molar-refractivity contribution in [1.29, 1.82) is 0 Å². The molecule has 1 aromatic rings. The number of nitrogens with zero attached hydrogens (tertiary/aromatic N) is 1. The molecule has 0 spiro atoms. The van der Waals surface area contributed by atoms with E-state index in [0.717, 1.165) is 18.9 Å². The number of rotatable bonds is 2. The van der Waals surface area contributed by atoms with E-state index >= 15 is 0 Å². The van der Waals surface area contributed by atoms with E-state index in [9.17, 15) is 19.1 Å². The Kier molecular flexibility index (Phi) is 4.22. The topological polar surface area (TPSA) is 69.6 Å². The molecule has 0 aliphatic carbocycles. The van der Waals surface area contributed by atoms with Gasteiger partial charge in [0.05, 0.1) is 0 Å². The molecule has 2 N–H and O–H groups in total. The van der Waals surface area contributed by atoms with Crippen molar-refractivity contribution >= 4 is 11.8 Å². The second-order valence-corrected chi connectivity index (χ2v) is 4.76. The molecule has 1 aliphatic rings. The van der Waals surface area contributed by atoms with Crippen LogP contribution in [0.25, 0.3) is 0 Å². The summed E-state index contributed by atoms with van der Waals surface area (Å²) in [6.45, 7) is 0.380. The maximum Gasteiger partial charge on any atom is 0.261 e. The fourth-order valence-corrected chi connectivity index (χ4v) is 2.48. The third-order valence-corrected chi connectivity index (χ3v) is 3.52. The van der Waals surface area contributed by atoms with Gasteiger partial charge in [-0.15, -0.1) is 0 Å². The monoisotopic (exact) mass is 280 g/mol. The molecule has 108 valence electrons. The molecule has 0 saturated carbocycles. The number of carbonyl (C=O) groups is 2. The van der Waals surface area contributed by atoms with Gasteiger partial charge in [-0.2, -0.15) is 0 Å². The number of phenols is 1. The molecule has 5 nitrogen and oxygen atoms in total. The van der Waals surface area contributed by atoms with Crippen LogP contribution in [0, 0.1) is 5.82 Å². The summed E-state index contributed by atoms with van der Waals surface area (Å²) < 4.78 is 13.8. The van der Waals surface area contributed by atoms with Crippen LogP contribution in [-0.4, -0.2) is 41.5 Å². The number of nitrogens with one attached hydrogen (secondary N) is 1. The summed E-state index contributed by atoms with van der Waals surface area (Å²) in [6, 6.07) is 3.09. The van der Waals surface area contributed by atoms with Crippen LogP contribution in [0.5, 0.6) is 5.75 Å². The smallest absolute Gasteiger partial charge is 0.261 e. The van der Waals surface area contributed by atoms with Crippen molar-refractivity contribution in [3.05, 3.63) is 29.6 Å². The van der Waals surface area contributed by atoms with Gasteiger partial charge in [0.2, 0.25) is 5.91 Å². The molecular weight excluding hydrogens is 263 g/mol. The molecule has 1 aliphatic heterocycles. The molecule has 6 heteroatoms. The number of carbonyl (C=O) groups excluding carboxylic acids is 2. The zero-order chi connectivity index (χ0) is 14.7. The predicted molar refractivity (Wildman–Crippen MR) is 70.8 cm³/mol. The number of phenolic OH excluding ortho intramolecular Hbond substituents is 1. The molecule has 2 amide bonds. The lowest BCUT2D eigenvalue weighted by atomic mass is 9.99. The number of benzene rings is 1. The highest BCUT2D eigenvalue weighted by molar-refractivity contribution is 5.99. The lowest BCUT2D eigenvalue weighted by Gasteiger charge is -2.34. The summed E-state index contributed by atoms with van der Waals surface area (Å²) in [5.74, 6) is -2.10. The Morgan fingerprint density at radius 1 is 1.40 bits per heavy atom. The SMILES string of the molecule is CNC(=O)C1CCCCN1C(=O)c1c(O)cccc1F. The maximum atomic E-state index is 13.8. The van der Waals surface area contributed by atoms with Gasteiger partial charge in [-0.05, 0) is 31.4 Å². The van der Waals surface area contributed by atoms with Gasteiger partial charge in [0.1, 0.15) is 23.2 Å². The van der Waals surface area contributed by atoms with Gasteiger partial charge in [-0.3, -0.25) is 9.59 Å². The van der Waals surface area contributed by atoms with Crippen LogP contribution < -0.4 is 5.32 Å². The van der Waals surface area contributed by atoms with E-state index in [1.165, 1.54) is 24.1 Å². The van der Waals surface area contributed by atoms with Gasteiger partial charge >= 0.3 is 0 Å². The first-order valence-corrected chi connectivity index (χ1v) is 6.56. The highest BCUT2D eigenvalue weighted by Crippen LogP contribution is 2.26. The molecule has 0 aromatic heterocycles. The van der Waals surface area contributed by atoms with Crippen LogP contribution in [0.4, 0.5) is 4.39 Å². The molecule has 0 radical (unpaired) electrons. The first kappa shape index (κ1) is 14.3. The lowest BCUT2D eigenvalue weighted by Crippen LogP contribution is -2.51. The number of hydrogen-bond acceptors (Lipinski definition) is 3. The van der Waals surface area contributed by atoms with Crippen LogP contribution in [0.15, 0.2) is 18.2 Å². The summed E-state index contributed by atoms with van der Waals surface area (Å²) in [5, 5.41) is 12.2. The fourth-order valence-electron chi connectivity index (χ4n) is 2.48. The van der Waals surface area contributed by atoms with Gasteiger partial charge < -0.3 is 15.3 Å². The Morgan fingerprint density at radius 2 is 2.15 bits per heavy atom. The Labute approximate surface area is 116 Å². The van der Waals surface area contributed by atoms with E-state index in [0.29, 0.717) is 13.0 Å². The summed E-state index contributed by atoms with van der Waals surface area (Å²) in [6.07, 6.45) is 2.14. The number of amides is 2. The van der Waals surface area contributed by atoms with Crippen LogP contribution in [0.2, 0.25) is 0 Å². The number of halogens is 1. The number of aromatic hydroxyl groups is 1. The average molecular weight is 280 g/mol. The normalized spacial score (nSPS) is 18.7. The van der Waals surface area contributed by atoms with E-state index < -0.39 is 23.5 Å². The number of hydrogen-bond donors (Lipinski definition) is 2. The van der Waals surface area contributed by atoms with E-state index in [4.69, 9.17) is 0 Å². The number of likely N-dealkylation sites (N-methyl/N-ethyl adjacent to an activating group) is 1. The standard InChI is InChI=1S/C14H17FN2O3/c1-16-13(19)10-6-2-3-8-17(10)14(20)12-9(15)5-4-7-11(12)18/h4-5,7,10,18H,2-3,6,8H2,1H3,(H,16,19). The lowest BCUT2D eigenvalue weighted by molar-refractivity contribution is -0.126. The number of piperidine rings is 1. The van der Waals surface area contributed by atoms with E-state index in [1.54, 1.807) is 0 Å². The minimum absolute atomic E-state index is 0.270. The molecule has 1 atom stereocenters. The summed E-state index contributed by atoms with van der Waals surface area (Å²) >= 11 is 0. The third kappa shape index (κ3) is 2.59. The first-order valence-electron chi connectivity index (χ1n) is 6.56. The minimum atomic E-state index is -0.781. The fraction of sp³-hybridized carbons (Fsp3) is 0.429. The van der Waals surface area contributed by atoms with Crippen molar-refractivity contribution in [2.24, 2.45) is 0 Å². The van der Waals surface area contributed by atoms with Crippen LogP contribution >= 0.6 is 0 Å². The zero-order valence-electron chi connectivity index (χ0n) is 11.2. The number of likely N-dealkylation sites (tertiary alicyclic amines) is 1. The quantitative estimate of drug-likeness (QED) is 0.857. The summed E-state index contributed by atoms with van der Waals surface area (Å²) in [5.41, 5.74) is -0.372. The van der Waals surface area contributed by atoms with Crippen molar-refractivity contribution in [1.82, 2.24) is 10.2 Å². The highest BCUT2D eigenvalue weighted by atomic mass is 19.1.